The number of hydrogen-bond acceptors (Lipinski definition) is 3. The van der Waals surface area contributed by atoms with Crippen LogP contribution in [0.4, 0.5) is 0 Å². The largest absolute Gasteiger partial charge is 0.344 e. The van der Waals surface area contributed by atoms with Gasteiger partial charge in [-0.1, -0.05) is 0 Å². The van der Waals surface area contributed by atoms with Gasteiger partial charge < -0.3 is 6.15 Å². The van der Waals surface area contributed by atoms with Gasteiger partial charge in [-0.05, 0) is 0 Å². The summed E-state index contributed by atoms with van der Waals surface area (Å²) in [6, 6.07) is 0. The molecule has 0 aliphatic carbocycles. The summed E-state index contributed by atoms with van der Waals surface area (Å²) in [5, 5.41) is 0. The molecule has 0 aliphatic heterocycles. The van der Waals surface area contributed by atoms with Gasteiger partial charge in [0.05, 0.1) is 0 Å². The Morgan fingerprint density at radius 2 is 1.43 bits per heavy atom. The third-order valence-corrected chi connectivity index (χ3v) is 0. The number of rotatable bonds is 0. The summed E-state index contributed by atoms with van der Waals surface area (Å²) < 4.78 is 24.0. The Kier molecular flexibility index (Phi) is 11.0. The molecule has 0 amide bonds. The molecule has 0 spiro atoms. The van der Waals surface area contributed by atoms with Crippen molar-refractivity contribution in [3.05, 3.63) is 0 Å². The Morgan fingerprint density at radius 3 is 1.43 bits per heavy atom. The predicted octanol–water partition coefficient (Wildman–Crippen LogP) is -0.162. The molecule has 0 aromatic rings. The maximum atomic E-state index is 9.11. The summed E-state index contributed by atoms with van der Waals surface area (Å²) in [5.41, 5.74) is 0. The first-order chi connectivity index (χ1) is 2.00. The second-order valence-electron chi connectivity index (χ2n) is 0.448. The maximum Gasteiger partial charge on any atom is 0.263 e. The van der Waals surface area contributed by atoms with Crippen LogP contribution in [0.25, 0.3) is 0 Å². The molecule has 7 heteroatoms. The average molecular weight is 195 g/mol. The molecule has 5 N–H and O–H groups in total. The van der Waals surface area contributed by atoms with Crippen LogP contribution in [0.5, 0.6) is 0 Å². The van der Waals surface area contributed by atoms with Gasteiger partial charge in [-0.15, -0.1) is 0 Å². The standard InChI is InChI=1S/Cu.H3N.H2O3S2/c;;1-5(2,3)4/h;1H3;(H2,1,2,3,4). The normalized spacial score (nSPS) is 8.29. The van der Waals surface area contributed by atoms with E-state index in [0.717, 1.165) is 0 Å². The van der Waals surface area contributed by atoms with E-state index in [2.05, 4.69) is 11.2 Å². The fourth-order valence-electron chi connectivity index (χ4n) is 0. The molecule has 0 aromatic heterocycles. The van der Waals surface area contributed by atoms with Crippen LogP contribution in [-0.2, 0) is 37.3 Å². The molecule has 0 fully saturated rings. The van der Waals surface area contributed by atoms with Crippen LogP contribution in [-0.4, -0.2) is 13.3 Å². The van der Waals surface area contributed by atoms with E-state index < -0.39 is 9.05 Å². The molecular formula is H5CuNO3S2. The molecule has 0 bridgehead atoms. The summed E-state index contributed by atoms with van der Waals surface area (Å²) in [4.78, 5) is 0. The van der Waals surface area contributed by atoms with Crippen molar-refractivity contribution in [1.82, 2.24) is 6.15 Å². The van der Waals surface area contributed by atoms with E-state index >= 15 is 0 Å². The van der Waals surface area contributed by atoms with E-state index in [4.69, 9.17) is 13.3 Å². The van der Waals surface area contributed by atoms with Crippen molar-refractivity contribution in [2.24, 2.45) is 0 Å². The van der Waals surface area contributed by atoms with E-state index in [-0.39, 0.29) is 23.2 Å². The van der Waals surface area contributed by atoms with Crippen LogP contribution < -0.4 is 6.15 Å². The third-order valence-electron chi connectivity index (χ3n) is 0. The monoisotopic (exact) mass is 194 g/mol. The molecule has 7 heavy (non-hydrogen) atoms. The predicted molar refractivity (Wildman–Crippen MR) is 25.8 cm³/mol. The van der Waals surface area contributed by atoms with Gasteiger partial charge in [0.15, 0.2) is 0 Å². The third kappa shape index (κ3) is 260. The molecular weight excluding hydrogens is 190 g/mol. The maximum absolute atomic E-state index is 9.11. The van der Waals surface area contributed by atoms with Crippen LogP contribution in [0.1, 0.15) is 0 Å². The topological polar surface area (TPSA) is 92.5 Å². The van der Waals surface area contributed by atoms with Crippen LogP contribution in [0.3, 0.4) is 0 Å². The number of hydrogen-bond donors (Lipinski definition) is 3. The SMILES string of the molecule is N.O=S(O)(O)=S.[Cu]. The molecule has 4 nitrogen and oxygen atoms in total. The summed E-state index contributed by atoms with van der Waals surface area (Å²) in [5.74, 6) is 0. The Hall–Kier alpha value is 0.769. The zero-order chi connectivity index (χ0) is 4.50. The molecule has 0 saturated heterocycles. The summed E-state index contributed by atoms with van der Waals surface area (Å²) in [7, 11) is -3.83. The minimum atomic E-state index is -3.83. The summed E-state index contributed by atoms with van der Waals surface area (Å²) in [6.07, 6.45) is 0. The Labute approximate surface area is 57.1 Å². The average Bonchev–Trinajstić information content (AvgIpc) is 0.722. The van der Waals surface area contributed by atoms with E-state index in [0.29, 0.717) is 0 Å². The second kappa shape index (κ2) is 4.92. The smallest absolute Gasteiger partial charge is 0.263 e. The first kappa shape index (κ1) is 15.7. The molecule has 0 rings (SSSR count). The molecule has 0 atom stereocenters. The van der Waals surface area contributed by atoms with E-state index in [9.17, 15) is 0 Å². The fourth-order valence-corrected chi connectivity index (χ4v) is 0. The molecule has 0 saturated carbocycles. The Bertz CT molecular complexity index is 96.1. The van der Waals surface area contributed by atoms with Crippen LogP contribution >= 0.6 is 0 Å². The van der Waals surface area contributed by atoms with Crippen LogP contribution in [0, 0.1) is 0 Å². The van der Waals surface area contributed by atoms with Gasteiger partial charge in [-0.25, -0.2) is 0 Å². The zero-order valence-corrected chi connectivity index (χ0v) is 5.70. The van der Waals surface area contributed by atoms with E-state index in [1.165, 1.54) is 0 Å². The van der Waals surface area contributed by atoms with Gasteiger partial charge in [0.1, 0.15) is 0 Å². The molecule has 0 heterocycles. The molecule has 51 valence electrons. The van der Waals surface area contributed by atoms with Gasteiger partial charge in [0.25, 0.3) is 9.05 Å². The van der Waals surface area contributed by atoms with Gasteiger partial charge >= 0.3 is 0 Å². The molecule has 0 aliphatic rings. The van der Waals surface area contributed by atoms with Gasteiger partial charge in [0.2, 0.25) is 0 Å². The van der Waals surface area contributed by atoms with E-state index in [1.54, 1.807) is 0 Å². The van der Waals surface area contributed by atoms with Crippen LogP contribution in [0.2, 0.25) is 0 Å². The first-order valence-corrected chi connectivity index (χ1v) is 3.10. The molecule has 0 aromatic carbocycles. The van der Waals surface area contributed by atoms with Crippen molar-refractivity contribution < 1.29 is 30.4 Å². The van der Waals surface area contributed by atoms with Crippen molar-refractivity contribution in [2.75, 3.05) is 0 Å². The summed E-state index contributed by atoms with van der Waals surface area (Å²) >= 11 is 3.47. The van der Waals surface area contributed by atoms with Gasteiger partial charge in [-0.2, -0.15) is 4.21 Å². The van der Waals surface area contributed by atoms with Crippen molar-refractivity contribution in [3.63, 3.8) is 0 Å². The first-order valence-electron chi connectivity index (χ1n) is 0.698. The van der Waals surface area contributed by atoms with Crippen molar-refractivity contribution >= 4 is 20.2 Å². The summed E-state index contributed by atoms with van der Waals surface area (Å²) in [6.45, 7) is 0. The molecule has 0 unspecified atom stereocenters. The van der Waals surface area contributed by atoms with Crippen LogP contribution in [0.15, 0.2) is 0 Å². The fraction of sp³-hybridized carbons (Fsp3) is 0. The minimum absolute atomic E-state index is 0. The quantitative estimate of drug-likeness (QED) is 0.466. The van der Waals surface area contributed by atoms with Gasteiger partial charge in [-0.3, -0.25) is 9.11 Å². The second-order valence-corrected chi connectivity index (χ2v) is 2.65. The van der Waals surface area contributed by atoms with Crippen molar-refractivity contribution in [2.45, 2.75) is 0 Å². The molecule has 1 radical (unpaired) electrons. The van der Waals surface area contributed by atoms with Gasteiger partial charge in [0, 0.05) is 28.3 Å². The minimum Gasteiger partial charge on any atom is -0.344 e. The Morgan fingerprint density at radius 1 is 1.43 bits per heavy atom. The van der Waals surface area contributed by atoms with E-state index in [1.807, 2.05) is 0 Å². The zero-order valence-electron chi connectivity index (χ0n) is 3.13. The van der Waals surface area contributed by atoms with Crippen molar-refractivity contribution in [1.29, 1.82) is 0 Å². The Balaban J connectivity index is -0.0000000800. The van der Waals surface area contributed by atoms with Crippen molar-refractivity contribution in [3.8, 4) is 0 Å².